The van der Waals surface area contributed by atoms with Gasteiger partial charge in [-0.2, -0.15) is 0 Å². The minimum Gasteiger partial charge on any atom is -0.385 e. The predicted octanol–water partition coefficient (Wildman–Crippen LogP) is 1.61. The normalized spacial score (nSPS) is 13.6. The summed E-state index contributed by atoms with van der Waals surface area (Å²) in [5.41, 5.74) is 3.91. The summed E-state index contributed by atoms with van der Waals surface area (Å²) in [6, 6.07) is 6.40. The molecule has 104 valence electrons. The second-order valence-electron chi connectivity index (χ2n) is 4.99. The molecule has 1 amide bonds. The molecule has 1 aliphatic rings. The number of anilines is 1. The summed E-state index contributed by atoms with van der Waals surface area (Å²) in [5, 5.41) is 6.70. The molecule has 0 aromatic heterocycles. The molecule has 1 aromatic carbocycles. The van der Waals surface area contributed by atoms with E-state index in [2.05, 4.69) is 28.8 Å². The first-order chi connectivity index (χ1) is 9.22. The van der Waals surface area contributed by atoms with Crippen LogP contribution in [0.4, 0.5) is 5.69 Å². The van der Waals surface area contributed by atoms with Crippen molar-refractivity contribution in [2.75, 3.05) is 32.0 Å². The Labute approximate surface area is 115 Å². The van der Waals surface area contributed by atoms with Gasteiger partial charge in [0.2, 0.25) is 5.91 Å². The molecule has 0 atom stereocenters. The monoisotopic (exact) mass is 261 g/mol. The molecule has 2 rings (SSSR count). The van der Waals surface area contributed by atoms with Crippen LogP contribution >= 0.6 is 0 Å². The van der Waals surface area contributed by atoms with Gasteiger partial charge in [-0.3, -0.25) is 4.79 Å². The molecule has 19 heavy (non-hydrogen) atoms. The van der Waals surface area contributed by atoms with Gasteiger partial charge in [-0.25, -0.2) is 0 Å². The molecule has 0 spiro atoms. The Kier molecular flexibility index (Phi) is 4.80. The summed E-state index contributed by atoms with van der Waals surface area (Å²) in [4.78, 5) is 13.4. The number of fused-ring (bicyclic) bond motifs is 1. The zero-order valence-electron chi connectivity index (χ0n) is 11.8. The van der Waals surface area contributed by atoms with Crippen molar-refractivity contribution < 1.29 is 4.79 Å². The zero-order chi connectivity index (χ0) is 13.7. The van der Waals surface area contributed by atoms with Crippen LogP contribution in [0.5, 0.6) is 0 Å². The van der Waals surface area contributed by atoms with Gasteiger partial charge in [0, 0.05) is 32.4 Å². The van der Waals surface area contributed by atoms with E-state index in [1.807, 2.05) is 14.0 Å². The van der Waals surface area contributed by atoms with Crippen molar-refractivity contribution >= 4 is 11.6 Å². The highest BCUT2D eigenvalue weighted by atomic mass is 16.2. The van der Waals surface area contributed by atoms with Crippen LogP contribution in [0.3, 0.4) is 0 Å². The first kappa shape index (κ1) is 13.9. The van der Waals surface area contributed by atoms with Gasteiger partial charge in [-0.1, -0.05) is 18.2 Å². The molecule has 0 radical (unpaired) electrons. The summed E-state index contributed by atoms with van der Waals surface area (Å²) >= 11 is 0. The standard InChI is InChI=1S/C15H23N3O/c1-3-18(2)14(19)11-16-10-13-7-4-6-12-8-5-9-17-15(12)13/h4,6-7,16-17H,3,5,8-11H2,1-2H3. The molecule has 4 heteroatoms. The molecule has 4 nitrogen and oxygen atoms in total. The Morgan fingerprint density at radius 2 is 2.32 bits per heavy atom. The molecule has 1 aromatic rings. The van der Waals surface area contributed by atoms with Crippen LogP contribution < -0.4 is 10.6 Å². The van der Waals surface area contributed by atoms with Crippen molar-refractivity contribution in [1.82, 2.24) is 10.2 Å². The number of carbonyl (C=O) groups excluding carboxylic acids is 1. The average Bonchev–Trinajstić information content (AvgIpc) is 2.46. The molecule has 0 saturated carbocycles. The summed E-state index contributed by atoms with van der Waals surface area (Å²) in [7, 11) is 1.83. The molecule has 1 aliphatic heterocycles. The van der Waals surface area contributed by atoms with Crippen molar-refractivity contribution in [3.8, 4) is 0 Å². The Balaban J connectivity index is 1.91. The second-order valence-corrected chi connectivity index (χ2v) is 4.99. The van der Waals surface area contributed by atoms with Gasteiger partial charge in [-0.15, -0.1) is 0 Å². The summed E-state index contributed by atoms with van der Waals surface area (Å²) in [5.74, 6) is 0.139. The van der Waals surface area contributed by atoms with E-state index in [0.29, 0.717) is 6.54 Å². The quantitative estimate of drug-likeness (QED) is 0.846. The van der Waals surface area contributed by atoms with E-state index in [4.69, 9.17) is 0 Å². The third-order valence-corrected chi connectivity index (χ3v) is 3.65. The number of nitrogens with one attached hydrogen (secondary N) is 2. The number of benzene rings is 1. The van der Waals surface area contributed by atoms with E-state index in [-0.39, 0.29) is 5.91 Å². The van der Waals surface area contributed by atoms with Crippen LogP contribution in [0.25, 0.3) is 0 Å². The first-order valence-corrected chi connectivity index (χ1v) is 7.01. The Bertz CT molecular complexity index is 445. The minimum absolute atomic E-state index is 0.139. The lowest BCUT2D eigenvalue weighted by molar-refractivity contribution is -0.128. The first-order valence-electron chi connectivity index (χ1n) is 7.01. The summed E-state index contributed by atoms with van der Waals surface area (Å²) in [6.07, 6.45) is 2.34. The summed E-state index contributed by atoms with van der Waals surface area (Å²) in [6.45, 7) is 4.91. The van der Waals surface area contributed by atoms with Gasteiger partial charge in [0.25, 0.3) is 0 Å². The van der Waals surface area contributed by atoms with Gasteiger partial charge in [-0.05, 0) is 30.9 Å². The van der Waals surface area contributed by atoms with E-state index < -0.39 is 0 Å². The fourth-order valence-electron chi connectivity index (χ4n) is 2.34. The van der Waals surface area contributed by atoms with Crippen molar-refractivity contribution in [3.63, 3.8) is 0 Å². The highest BCUT2D eigenvalue weighted by molar-refractivity contribution is 5.77. The molecular formula is C15H23N3O. The van der Waals surface area contributed by atoms with Crippen LogP contribution in [0.15, 0.2) is 18.2 Å². The smallest absolute Gasteiger partial charge is 0.236 e. The lowest BCUT2D eigenvalue weighted by Gasteiger charge is -2.21. The van der Waals surface area contributed by atoms with E-state index in [1.165, 1.54) is 23.2 Å². The molecule has 0 saturated heterocycles. The number of amides is 1. The molecule has 0 unspecified atom stereocenters. The summed E-state index contributed by atoms with van der Waals surface area (Å²) < 4.78 is 0. The molecule has 0 aliphatic carbocycles. The average molecular weight is 261 g/mol. The lowest BCUT2D eigenvalue weighted by Crippen LogP contribution is -2.35. The topological polar surface area (TPSA) is 44.4 Å². The lowest BCUT2D eigenvalue weighted by atomic mass is 9.99. The number of aryl methyl sites for hydroxylation is 1. The zero-order valence-corrected chi connectivity index (χ0v) is 11.8. The van der Waals surface area contributed by atoms with Crippen LogP contribution in [-0.2, 0) is 17.8 Å². The van der Waals surface area contributed by atoms with Gasteiger partial charge >= 0.3 is 0 Å². The van der Waals surface area contributed by atoms with Crippen molar-refractivity contribution in [1.29, 1.82) is 0 Å². The maximum Gasteiger partial charge on any atom is 0.236 e. The van der Waals surface area contributed by atoms with Gasteiger partial charge in [0.1, 0.15) is 0 Å². The van der Waals surface area contributed by atoms with Crippen molar-refractivity contribution in [2.45, 2.75) is 26.3 Å². The van der Waals surface area contributed by atoms with Crippen LogP contribution in [0.1, 0.15) is 24.5 Å². The Hall–Kier alpha value is -1.55. The van der Waals surface area contributed by atoms with Gasteiger partial charge in [0.05, 0.1) is 6.54 Å². The third kappa shape index (κ3) is 3.47. The van der Waals surface area contributed by atoms with E-state index in [1.54, 1.807) is 4.90 Å². The molecule has 1 heterocycles. The third-order valence-electron chi connectivity index (χ3n) is 3.65. The molecular weight excluding hydrogens is 238 g/mol. The Morgan fingerprint density at radius 1 is 1.47 bits per heavy atom. The fourth-order valence-corrected chi connectivity index (χ4v) is 2.34. The highest BCUT2D eigenvalue weighted by Crippen LogP contribution is 2.25. The molecule has 0 fully saturated rings. The van der Waals surface area contributed by atoms with Gasteiger partial charge in [0.15, 0.2) is 0 Å². The molecule has 0 bridgehead atoms. The van der Waals surface area contributed by atoms with E-state index >= 15 is 0 Å². The number of carbonyl (C=O) groups is 1. The van der Waals surface area contributed by atoms with Crippen LogP contribution in [0.2, 0.25) is 0 Å². The second kappa shape index (κ2) is 6.57. The number of nitrogens with zero attached hydrogens (tertiary/aromatic N) is 1. The van der Waals surface area contributed by atoms with E-state index in [0.717, 1.165) is 26.1 Å². The number of rotatable bonds is 5. The molecule has 2 N–H and O–H groups in total. The number of likely N-dealkylation sites (N-methyl/N-ethyl adjacent to an activating group) is 1. The van der Waals surface area contributed by atoms with Crippen molar-refractivity contribution in [2.24, 2.45) is 0 Å². The fraction of sp³-hybridized carbons (Fsp3) is 0.533. The highest BCUT2D eigenvalue weighted by Gasteiger charge is 2.12. The van der Waals surface area contributed by atoms with Crippen LogP contribution in [-0.4, -0.2) is 37.5 Å². The van der Waals surface area contributed by atoms with Gasteiger partial charge < -0.3 is 15.5 Å². The minimum atomic E-state index is 0.139. The van der Waals surface area contributed by atoms with Crippen molar-refractivity contribution in [3.05, 3.63) is 29.3 Å². The van der Waals surface area contributed by atoms with Crippen LogP contribution in [0, 0.1) is 0 Å². The largest absolute Gasteiger partial charge is 0.385 e. The Morgan fingerprint density at radius 3 is 3.11 bits per heavy atom. The predicted molar refractivity (Wildman–Crippen MR) is 78.3 cm³/mol. The maximum atomic E-state index is 11.7. The maximum absolute atomic E-state index is 11.7. The number of hydrogen-bond acceptors (Lipinski definition) is 3. The van der Waals surface area contributed by atoms with E-state index in [9.17, 15) is 4.79 Å². The number of para-hydroxylation sites is 1. The number of hydrogen-bond donors (Lipinski definition) is 2. The SMILES string of the molecule is CCN(C)C(=O)CNCc1cccc2c1NCCC2.